The van der Waals surface area contributed by atoms with Crippen molar-refractivity contribution in [2.45, 2.75) is 13.0 Å². The summed E-state index contributed by atoms with van der Waals surface area (Å²) in [6.45, 7) is 6.14. The molecule has 1 fully saturated rings. The smallest absolute Gasteiger partial charge is 0.241 e. The molecule has 29 heavy (non-hydrogen) atoms. The quantitative estimate of drug-likeness (QED) is 0.549. The Bertz CT molecular complexity index is 1080. The van der Waals surface area contributed by atoms with Crippen LogP contribution < -0.4 is 15.0 Å². The summed E-state index contributed by atoms with van der Waals surface area (Å²) in [4.78, 5) is 10.3. The first-order valence-corrected chi connectivity index (χ1v) is 9.98. The summed E-state index contributed by atoms with van der Waals surface area (Å²) in [7, 11) is 0. The van der Waals surface area contributed by atoms with Gasteiger partial charge in [0, 0.05) is 55.4 Å². The van der Waals surface area contributed by atoms with E-state index in [9.17, 15) is 0 Å². The van der Waals surface area contributed by atoms with E-state index < -0.39 is 0 Å². The summed E-state index contributed by atoms with van der Waals surface area (Å²) >= 11 is 0. The Hall–Kier alpha value is -3.32. The Morgan fingerprint density at radius 3 is 2.66 bits per heavy atom. The maximum absolute atomic E-state index is 6.20. The van der Waals surface area contributed by atoms with Crippen molar-refractivity contribution < 1.29 is 4.74 Å². The van der Waals surface area contributed by atoms with Crippen molar-refractivity contribution >= 4 is 11.2 Å². The topological polar surface area (TPSA) is 70.5 Å². The first kappa shape index (κ1) is 17.8. The third-order valence-electron chi connectivity index (χ3n) is 5.38. The van der Waals surface area contributed by atoms with E-state index in [1.165, 1.54) is 5.69 Å². The lowest BCUT2D eigenvalue weighted by atomic mass is 10.1. The summed E-state index contributed by atoms with van der Waals surface area (Å²) in [6.07, 6.45) is 7.44. The molecule has 0 aliphatic carbocycles. The maximum Gasteiger partial charge on any atom is 0.241 e. The van der Waals surface area contributed by atoms with Gasteiger partial charge >= 0.3 is 0 Å². The van der Waals surface area contributed by atoms with Crippen LogP contribution in [0.1, 0.15) is 18.6 Å². The highest BCUT2D eigenvalue weighted by atomic mass is 16.5. The van der Waals surface area contributed by atoms with Crippen LogP contribution in [0.5, 0.6) is 5.88 Å². The van der Waals surface area contributed by atoms with Gasteiger partial charge in [0.2, 0.25) is 5.88 Å². The number of anilines is 1. The normalized spacial score (nSPS) is 15.6. The fraction of sp³-hybridized carbons (Fsp3) is 0.273. The molecule has 0 amide bonds. The minimum Gasteiger partial charge on any atom is -0.468 e. The molecule has 0 saturated carbocycles. The first-order chi connectivity index (χ1) is 14.3. The first-order valence-electron chi connectivity index (χ1n) is 9.98. The minimum absolute atomic E-state index is 0.113. The van der Waals surface area contributed by atoms with Crippen LogP contribution in [0.15, 0.2) is 61.2 Å². The number of piperazine rings is 1. The van der Waals surface area contributed by atoms with Crippen LogP contribution in [-0.4, -0.2) is 45.8 Å². The Morgan fingerprint density at radius 1 is 1.07 bits per heavy atom. The largest absolute Gasteiger partial charge is 0.468 e. The van der Waals surface area contributed by atoms with Gasteiger partial charge in [0.15, 0.2) is 0 Å². The van der Waals surface area contributed by atoms with E-state index in [0.717, 1.165) is 48.5 Å². The highest BCUT2D eigenvalue weighted by Gasteiger charge is 2.15. The van der Waals surface area contributed by atoms with Crippen molar-refractivity contribution in [1.82, 2.24) is 24.9 Å². The van der Waals surface area contributed by atoms with Crippen molar-refractivity contribution in [2.75, 3.05) is 31.1 Å². The molecule has 1 saturated heterocycles. The van der Waals surface area contributed by atoms with Crippen LogP contribution >= 0.6 is 0 Å². The highest BCUT2D eigenvalue weighted by molar-refractivity contribution is 5.67. The summed E-state index contributed by atoms with van der Waals surface area (Å²) in [6, 6.07) is 12.5. The molecule has 4 aromatic rings. The SMILES string of the molecule is C[C@@H](Oc1nc(-c2ccc(N3CCNCC3)cc2)cn2nccc12)c1cc[nH]c1. The molecule has 2 N–H and O–H groups in total. The Kier molecular flexibility index (Phi) is 4.65. The number of H-pyrrole nitrogens is 1. The molecule has 0 bridgehead atoms. The number of ether oxygens (including phenoxy) is 1. The molecule has 5 rings (SSSR count). The number of benzene rings is 1. The lowest BCUT2D eigenvalue weighted by molar-refractivity contribution is 0.220. The molecular formula is C22H24N6O. The summed E-state index contributed by atoms with van der Waals surface area (Å²) < 4.78 is 8.03. The third-order valence-corrected chi connectivity index (χ3v) is 5.38. The highest BCUT2D eigenvalue weighted by Crippen LogP contribution is 2.29. The molecule has 1 atom stereocenters. The van der Waals surface area contributed by atoms with Crippen molar-refractivity contribution in [3.63, 3.8) is 0 Å². The van der Waals surface area contributed by atoms with E-state index in [0.29, 0.717) is 5.88 Å². The number of rotatable bonds is 5. The van der Waals surface area contributed by atoms with Gasteiger partial charge in [-0.25, -0.2) is 9.50 Å². The van der Waals surface area contributed by atoms with Crippen molar-refractivity contribution in [3.05, 3.63) is 66.7 Å². The second-order valence-electron chi connectivity index (χ2n) is 7.28. The standard InChI is InChI=1S/C22H24N6O/c1-16(18-6-8-24-14-18)29-22-21-7-9-25-28(21)15-20(26-22)17-2-4-19(5-3-17)27-12-10-23-11-13-27/h2-9,14-16,23-24H,10-13H2,1H3/t16-/m1/s1. The van der Waals surface area contributed by atoms with Gasteiger partial charge in [0.25, 0.3) is 0 Å². The predicted molar refractivity (Wildman–Crippen MR) is 113 cm³/mol. The lowest BCUT2D eigenvalue weighted by Crippen LogP contribution is -2.43. The Balaban J connectivity index is 1.45. The summed E-state index contributed by atoms with van der Waals surface area (Å²) in [5, 5.41) is 7.79. The molecule has 0 unspecified atom stereocenters. The van der Waals surface area contributed by atoms with E-state index in [1.54, 1.807) is 6.20 Å². The number of hydrogen-bond donors (Lipinski definition) is 2. The third kappa shape index (κ3) is 3.56. The van der Waals surface area contributed by atoms with E-state index in [4.69, 9.17) is 9.72 Å². The number of aromatic nitrogens is 4. The van der Waals surface area contributed by atoms with Crippen molar-refractivity contribution in [2.24, 2.45) is 0 Å². The van der Waals surface area contributed by atoms with E-state index in [1.807, 2.05) is 42.2 Å². The Labute approximate surface area is 169 Å². The zero-order valence-corrected chi connectivity index (χ0v) is 16.4. The zero-order valence-electron chi connectivity index (χ0n) is 16.4. The number of fused-ring (bicyclic) bond motifs is 1. The molecule has 0 spiro atoms. The molecule has 7 heteroatoms. The predicted octanol–water partition coefficient (Wildman–Crippen LogP) is 3.27. The lowest BCUT2D eigenvalue weighted by Gasteiger charge is -2.29. The average Bonchev–Trinajstić information content (AvgIpc) is 3.47. The molecule has 1 aromatic carbocycles. The maximum atomic E-state index is 6.20. The fourth-order valence-electron chi connectivity index (χ4n) is 3.71. The van der Waals surface area contributed by atoms with Crippen LogP contribution in [0.4, 0.5) is 5.69 Å². The number of nitrogens with one attached hydrogen (secondary N) is 2. The second-order valence-corrected chi connectivity index (χ2v) is 7.28. The van der Waals surface area contributed by atoms with Crippen molar-refractivity contribution in [1.29, 1.82) is 0 Å². The minimum atomic E-state index is -0.113. The molecule has 4 heterocycles. The number of aromatic amines is 1. The molecule has 3 aromatic heterocycles. The van der Waals surface area contributed by atoms with Gasteiger partial charge in [-0.1, -0.05) is 12.1 Å². The monoisotopic (exact) mass is 388 g/mol. The van der Waals surface area contributed by atoms with Crippen molar-refractivity contribution in [3.8, 4) is 17.1 Å². The molecule has 1 aliphatic heterocycles. The van der Waals surface area contributed by atoms with Gasteiger partial charge in [-0.2, -0.15) is 5.10 Å². The van der Waals surface area contributed by atoms with E-state index >= 15 is 0 Å². The fourth-order valence-corrected chi connectivity index (χ4v) is 3.71. The van der Waals surface area contributed by atoms with Gasteiger partial charge in [-0.15, -0.1) is 0 Å². The second kappa shape index (κ2) is 7.60. The van der Waals surface area contributed by atoms with E-state index in [2.05, 4.69) is 44.6 Å². The van der Waals surface area contributed by atoms with Gasteiger partial charge in [0.05, 0.1) is 18.1 Å². The molecule has 1 aliphatic rings. The average molecular weight is 388 g/mol. The van der Waals surface area contributed by atoms with Crippen LogP contribution in [0.3, 0.4) is 0 Å². The molecule has 7 nitrogen and oxygen atoms in total. The zero-order chi connectivity index (χ0) is 19.6. The number of hydrogen-bond acceptors (Lipinski definition) is 5. The van der Waals surface area contributed by atoms with Crippen LogP contribution in [-0.2, 0) is 0 Å². The van der Waals surface area contributed by atoms with Crippen LogP contribution in [0.2, 0.25) is 0 Å². The summed E-state index contributed by atoms with van der Waals surface area (Å²) in [5.74, 6) is 0.583. The Morgan fingerprint density at radius 2 is 1.90 bits per heavy atom. The van der Waals surface area contributed by atoms with Crippen LogP contribution in [0.25, 0.3) is 16.8 Å². The number of nitrogens with zero attached hydrogens (tertiary/aromatic N) is 4. The van der Waals surface area contributed by atoms with E-state index in [-0.39, 0.29) is 6.10 Å². The van der Waals surface area contributed by atoms with Gasteiger partial charge in [-0.3, -0.25) is 0 Å². The van der Waals surface area contributed by atoms with Gasteiger partial charge < -0.3 is 19.9 Å². The van der Waals surface area contributed by atoms with Gasteiger partial charge in [0.1, 0.15) is 11.6 Å². The van der Waals surface area contributed by atoms with Gasteiger partial charge in [-0.05, 0) is 31.2 Å². The molecule has 148 valence electrons. The van der Waals surface area contributed by atoms with Crippen LogP contribution in [0, 0.1) is 0 Å². The summed E-state index contributed by atoms with van der Waals surface area (Å²) in [5.41, 5.74) is 5.06. The molecule has 0 radical (unpaired) electrons. The molecular weight excluding hydrogens is 364 g/mol.